The summed E-state index contributed by atoms with van der Waals surface area (Å²) in [7, 11) is 0. The van der Waals surface area contributed by atoms with Crippen molar-refractivity contribution in [1.29, 1.82) is 0 Å². The first-order chi connectivity index (χ1) is 7.79. The van der Waals surface area contributed by atoms with E-state index in [4.69, 9.17) is 5.73 Å². The van der Waals surface area contributed by atoms with Crippen molar-refractivity contribution >= 4 is 0 Å². The van der Waals surface area contributed by atoms with Gasteiger partial charge in [-0.15, -0.1) is 0 Å². The summed E-state index contributed by atoms with van der Waals surface area (Å²) >= 11 is 0. The van der Waals surface area contributed by atoms with Crippen LogP contribution in [-0.2, 0) is 0 Å². The Balaban J connectivity index is 1.72. The number of hydrogen-bond donors (Lipinski definition) is 2. The van der Waals surface area contributed by atoms with Gasteiger partial charge in [0.25, 0.3) is 0 Å². The molecule has 0 aromatic heterocycles. The minimum atomic E-state index is -0.315. The maximum Gasteiger partial charge on any atom is 0.0674 e. The fourth-order valence-corrected chi connectivity index (χ4v) is 2.87. The number of aliphatic hydroxyl groups is 1. The van der Waals surface area contributed by atoms with E-state index in [1.807, 2.05) is 0 Å². The fraction of sp³-hybridized carbons (Fsp3) is 1.00. The molecule has 94 valence electrons. The molecule has 0 radical (unpaired) electrons. The van der Waals surface area contributed by atoms with Crippen LogP contribution in [0, 0.1) is 0 Å². The van der Waals surface area contributed by atoms with Crippen molar-refractivity contribution in [2.75, 3.05) is 39.3 Å². The third-order valence-electron chi connectivity index (χ3n) is 3.97. The normalized spacial score (nSPS) is 30.0. The van der Waals surface area contributed by atoms with E-state index < -0.39 is 0 Å². The largest absolute Gasteiger partial charge is 0.392 e. The molecule has 2 atom stereocenters. The summed E-state index contributed by atoms with van der Waals surface area (Å²) in [6.45, 7) is 6.25. The Morgan fingerprint density at radius 1 is 1.25 bits per heavy atom. The Labute approximate surface area is 98.4 Å². The van der Waals surface area contributed by atoms with E-state index >= 15 is 0 Å². The number of hydrogen-bond acceptors (Lipinski definition) is 4. The molecule has 2 unspecified atom stereocenters. The number of nitrogens with zero attached hydrogens (tertiary/aromatic N) is 2. The number of rotatable bonds is 4. The van der Waals surface area contributed by atoms with Gasteiger partial charge in [-0.05, 0) is 25.8 Å². The minimum Gasteiger partial charge on any atom is -0.392 e. The lowest BCUT2D eigenvalue weighted by Crippen LogP contribution is -2.55. The quantitative estimate of drug-likeness (QED) is 0.702. The maximum absolute atomic E-state index is 9.46. The zero-order chi connectivity index (χ0) is 11.4. The summed E-state index contributed by atoms with van der Waals surface area (Å²) in [6.07, 6.45) is 4.63. The molecule has 2 rings (SSSR count). The molecule has 3 N–H and O–H groups in total. The van der Waals surface area contributed by atoms with Crippen molar-refractivity contribution < 1.29 is 5.11 Å². The SMILES string of the molecule is NCC(O)CCN1CCN2CCCCC2C1. The van der Waals surface area contributed by atoms with Gasteiger partial charge in [0.2, 0.25) is 0 Å². The van der Waals surface area contributed by atoms with Gasteiger partial charge in [0.1, 0.15) is 0 Å². The third kappa shape index (κ3) is 3.17. The summed E-state index contributed by atoms with van der Waals surface area (Å²) in [5.74, 6) is 0. The Bertz CT molecular complexity index is 212. The van der Waals surface area contributed by atoms with Gasteiger partial charge in [-0.1, -0.05) is 6.42 Å². The zero-order valence-corrected chi connectivity index (χ0v) is 10.1. The first-order valence-electron chi connectivity index (χ1n) is 6.64. The van der Waals surface area contributed by atoms with Crippen LogP contribution < -0.4 is 5.73 Å². The topological polar surface area (TPSA) is 52.7 Å². The monoisotopic (exact) mass is 227 g/mol. The van der Waals surface area contributed by atoms with E-state index in [0.29, 0.717) is 6.54 Å². The highest BCUT2D eigenvalue weighted by atomic mass is 16.3. The molecular weight excluding hydrogens is 202 g/mol. The number of piperidine rings is 1. The van der Waals surface area contributed by atoms with Gasteiger partial charge >= 0.3 is 0 Å². The molecule has 0 saturated carbocycles. The van der Waals surface area contributed by atoms with Crippen LogP contribution in [0.5, 0.6) is 0 Å². The van der Waals surface area contributed by atoms with Crippen LogP contribution in [0.4, 0.5) is 0 Å². The molecule has 2 aliphatic rings. The smallest absolute Gasteiger partial charge is 0.0674 e. The van der Waals surface area contributed by atoms with Gasteiger partial charge < -0.3 is 15.7 Å². The van der Waals surface area contributed by atoms with Crippen LogP contribution >= 0.6 is 0 Å². The second-order valence-corrected chi connectivity index (χ2v) is 5.16. The Hall–Kier alpha value is -0.160. The number of nitrogens with two attached hydrogens (primary N) is 1. The van der Waals surface area contributed by atoms with Crippen LogP contribution in [0.15, 0.2) is 0 Å². The average molecular weight is 227 g/mol. The molecule has 0 amide bonds. The van der Waals surface area contributed by atoms with Crippen molar-refractivity contribution in [3.63, 3.8) is 0 Å². The third-order valence-corrected chi connectivity index (χ3v) is 3.97. The second-order valence-electron chi connectivity index (χ2n) is 5.16. The lowest BCUT2D eigenvalue weighted by atomic mass is 9.99. The van der Waals surface area contributed by atoms with Gasteiger partial charge in [-0.25, -0.2) is 0 Å². The molecule has 4 heteroatoms. The Kier molecular flexibility index (Phi) is 4.58. The standard InChI is InChI=1S/C12H25N3O/c13-9-12(16)4-6-14-7-8-15-5-2-1-3-11(15)10-14/h11-12,16H,1-10,13H2. The molecule has 0 aromatic carbocycles. The molecule has 0 spiro atoms. The average Bonchev–Trinajstić information content (AvgIpc) is 2.35. The van der Waals surface area contributed by atoms with Gasteiger partial charge in [-0.3, -0.25) is 4.90 Å². The van der Waals surface area contributed by atoms with Gasteiger partial charge in [0.15, 0.2) is 0 Å². The van der Waals surface area contributed by atoms with E-state index in [2.05, 4.69) is 9.80 Å². The first-order valence-corrected chi connectivity index (χ1v) is 6.64. The van der Waals surface area contributed by atoms with Crippen molar-refractivity contribution in [2.45, 2.75) is 37.8 Å². The molecule has 0 aromatic rings. The molecule has 2 aliphatic heterocycles. The number of piperazine rings is 1. The Morgan fingerprint density at radius 3 is 2.94 bits per heavy atom. The summed E-state index contributed by atoms with van der Waals surface area (Å²) in [5, 5.41) is 9.46. The lowest BCUT2D eigenvalue weighted by Gasteiger charge is -2.44. The molecule has 2 fully saturated rings. The van der Waals surface area contributed by atoms with Crippen molar-refractivity contribution in [3.05, 3.63) is 0 Å². The van der Waals surface area contributed by atoms with E-state index in [1.54, 1.807) is 0 Å². The van der Waals surface area contributed by atoms with E-state index in [-0.39, 0.29) is 6.10 Å². The lowest BCUT2D eigenvalue weighted by molar-refractivity contribution is 0.0414. The van der Waals surface area contributed by atoms with Crippen LogP contribution in [-0.4, -0.2) is 66.3 Å². The number of aliphatic hydroxyl groups excluding tert-OH is 1. The molecule has 2 saturated heterocycles. The minimum absolute atomic E-state index is 0.315. The van der Waals surface area contributed by atoms with E-state index in [9.17, 15) is 5.11 Å². The molecule has 16 heavy (non-hydrogen) atoms. The van der Waals surface area contributed by atoms with Gasteiger partial charge in [-0.2, -0.15) is 0 Å². The Morgan fingerprint density at radius 2 is 2.12 bits per heavy atom. The van der Waals surface area contributed by atoms with Crippen molar-refractivity contribution in [3.8, 4) is 0 Å². The molecular formula is C12H25N3O. The van der Waals surface area contributed by atoms with Crippen LogP contribution in [0.1, 0.15) is 25.7 Å². The molecule has 2 heterocycles. The summed E-state index contributed by atoms with van der Waals surface area (Å²) in [6, 6.07) is 0.775. The van der Waals surface area contributed by atoms with Gasteiger partial charge in [0.05, 0.1) is 6.10 Å². The van der Waals surface area contributed by atoms with E-state index in [0.717, 1.165) is 25.6 Å². The predicted molar refractivity (Wildman–Crippen MR) is 65.3 cm³/mol. The first kappa shape index (κ1) is 12.3. The van der Waals surface area contributed by atoms with Crippen molar-refractivity contribution in [1.82, 2.24) is 9.80 Å². The molecule has 0 aliphatic carbocycles. The molecule has 4 nitrogen and oxygen atoms in total. The van der Waals surface area contributed by atoms with Crippen LogP contribution in [0.25, 0.3) is 0 Å². The second kappa shape index (κ2) is 5.96. The summed E-state index contributed by atoms with van der Waals surface area (Å²) in [5.41, 5.74) is 5.42. The van der Waals surface area contributed by atoms with Crippen molar-refractivity contribution in [2.24, 2.45) is 5.73 Å². The number of fused-ring (bicyclic) bond motifs is 1. The highest BCUT2D eigenvalue weighted by Crippen LogP contribution is 2.21. The maximum atomic E-state index is 9.46. The highest BCUT2D eigenvalue weighted by molar-refractivity contribution is 4.85. The van der Waals surface area contributed by atoms with Crippen LogP contribution in [0.3, 0.4) is 0 Å². The summed E-state index contributed by atoms with van der Waals surface area (Å²) in [4.78, 5) is 5.13. The van der Waals surface area contributed by atoms with Gasteiger partial charge in [0, 0.05) is 38.8 Å². The zero-order valence-electron chi connectivity index (χ0n) is 10.1. The summed E-state index contributed by atoms with van der Waals surface area (Å²) < 4.78 is 0. The molecule has 0 bridgehead atoms. The highest BCUT2D eigenvalue weighted by Gasteiger charge is 2.28. The predicted octanol–water partition coefficient (Wildman–Crippen LogP) is -0.134. The van der Waals surface area contributed by atoms with E-state index in [1.165, 1.54) is 38.9 Å². The van der Waals surface area contributed by atoms with Crippen LogP contribution in [0.2, 0.25) is 0 Å². The fourth-order valence-electron chi connectivity index (χ4n) is 2.87.